The van der Waals surface area contributed by atoms with Crippen LogP contribution in [-0.4, -0.2) is 11.1 Å². The molecule has 0 aliphatic heterocycles. The average molecular weight is 210 g/mol. The molecule has 0 aromatic heterocycles. The quantitative estimate of drug-likeness (QED) is 0.676. The largest absolute Gasteiger partial charge is 0.476 e. The lowest BCUT2D eigenvalue weighted by molar-refractivity contribution is -0.134. The third kappa shape index (κ3) is 1.32. The van der Waals surface area contributed by atoms with Gasteiger partial charge in [0.05, 0.1) is 0 Å². The lowest BCUT2D eigenvalue weighted by Crippen LogP contribution is -2.41. The summed E-state index contributed by atoms with van der Waals surface area (Å²) in [5.41, 5.74) is 0.648. The monoisotopic (exact) mass is 210 g/mol. The second kappa shape index (κ2) is 3.06. The molecule has 0 radical (unpaired) electrons. The van der Waals surface area contributed by atoms with Crippen molar-refractivity contribution in [1.29, 1.82) is 0 Å². The zero-order valence-corrected chi connectivity index (χ0v) is 8.58. The fourth-order valence-corrected chi connectivity index (χ4v) is 4.17. The maximum absolute atomic E-state index is 13.6. The van der Waals surface area contributed by atoms with Crippen LogP contribution in [0.1, 0.15) is 32.1 Å². The van der Waals surface area contributed by atoms with Crippen LogP contribution in [0, 0.1) is 23.7 Å². The van der Waals surface area contributed by atoms with Gasteiger partial charge in [-0.15, -0.1) is 0 Å². The molecule has 0 aromatic rings. The molecular formula is C12H15FO2. The highest BCUT2D eigenvalue weighted by atomic mass is 19.1. The van der Waals surface area contributed by atoms with Gasteiger partial charge in [0.25, 0.3) is 0 Å². The van der Waals surface area contributed by atoms with Crippen molar-refractivity contribution in [3.63, 3.8) is 0 Å². The Morgan fingerprint density at radius 1 is 1.07 bits per heavy atom. The number of carboxylic acids is 1. The number of hydrogen-bond acceptors (Lipinski definition) is 1. The first-order valence-corrected chi connectivity index (χ1v) is 5.78. The molecule has 4 fully saturated rings. The highest BCUT2D eigenvalue weighted by Crippen LogP contribution is 2.57. The number of rotatable bonds is 1. The van der Waals surface area contributed by atoms with E-state index in [1.165, 1.54) is 6.42 Å². The normalized spacial score (nSPS) is 42.1. The number of carbonyl (C=O) groups is 1. The summed E-state index contributed by atoms with van der Waals surface area (Å²) < 4.78 is 13.6. The highest BCUT2D eigenvalue weighted by molar-refractivity contribution is 5.85. The van der Waals surface area contributed by atoms with Gasteiger partial charge < -0.3 is 5.11 Å². The van der Waals surface area contributed by atoms with Crippen molar-refractivity contribution in [2.75, 3.05) is 0 Å². The molecule has 0 aromatic carbocycles. The minimum atomic E-state index is -1.36. The second-order valence-electron chi connectivity index (χ2n) is 5.38. The topological polar surface area (TPSA) is 37.3 Å². The fourth-order valence-electron chi connectivity index (χ4n) is 4.17. The molecular weight excluding hydrogens is 195 g/mol. The first-order chi connectivity index (χ1) is 7.15. The van der Waals surface area contributed by atoms with E-state index in [0.29, 0.717) is 5.57 Å². The third-order valence-electron chi connectivity index (χ3n) is 4.46. The summed E-state index contributed by atoms with van der Waals surface area (Å²) in [5, 5.41) is 8.73. The standard InChI is InChI=1S/C12H15FO2/c13-11(12(14)15)10-8-2-6-1-7(4-8)5-9(10)3-6/h6-9H,1-5H2,(H,14,15). The van der Waals surface area contributed by atoms with Gasteiger partial charge in [-0.25, -0.2) is 4.79 Å². The van der Waals surface area contributed by atoms with E-state index >= 15 is 0 Å². The zero-order valence-electron chi connectivity index (χ0n) is 8.58. The predicted octanol–water partition coefficient (Wildman–Crippen LogP) is 2.75. The van der Waals surface area contributed by atoms with Gasteiger partial charge in [0.15, 0.2) is 0 Å². The van der Waals surface area contributed by atoms with E-state index in [2.05, 4.69) is 0 Å². The van der Waals surface area contributed by atoms with Crippen LogP contribution in [0.2, 0.25) is 0 Å². The second-order valence-corrected chi connectivity index (χ2v) is 5.38. The molecule has 4 bridgehead atoms. The molecule has 0 unspecified atom stereocenters. The molecule has 4 aliphatic carbocycles. The van der Waals surface area contributed by atoms with E-state index in [-0.39, 0.29) is 11.8 Å². The molecule has 0 amide bonds. The van der Waals surface area contributed by atoms with Gasteiger partial charge in [-0.05, 0) is 61.3 Å². The SMILES string of the molecule is O=C(O)C(F)=C1C2CC3CC(C2)CC1C3. The van der Waals surface area contributed by atoms with Crippen LogP contribution in [0.15, 0.2) is 11.4 Å². The molecule has 0 atom stereocenters. The Labute approximate surface area is 88.2 Å². The zero-order chi connectivity index (χ0) is 10.6. The molecule has 0 heterocycles. The number of halogens is 1. The van der Waals surface area contributed by atoms with Gasteiger partial charge in [-0.2, -0.15) is 4.39 Å². The Morgan fingerprint density at radius 3 is 1.93 bits per heavy atom. The Bertz CT molecular complexity index is 316. The van der Waals surface area contributed by atoms with Crippen LogP contribution in [0.5, 0.6) is 0 Å². The molecule has 4 aliphatic rings. The molecule has 3 heteroatoms. The van der Waals surface area contributed by atoms with E-state index in [9.17, 15) is 9.18 Å². The molecule has 4 saturated carbocycles. The number of hydrogen-bond donors (Lipinski definition) is 1. The molecule has 82 valence electrons. The molecule has 15 heavy (non-hydrogen) atoms. The average Bonchev–Trinajstić information content (AvgIpc) is 2.15. The Hall–Kier alpha value is -0.860. The van der Waals surface area contributed by atoms with E-state index in [1.807, 2.05) is 0 Å². The molecule has 0 spiro atoms. The minimum absolute atomic E-state index is 0.248. The summed E-state index contributed by atoms with van der Waals surface area (Å²) in [6, 6.07) is 0. The van der Waals surface area contributed by atoms with Crippen molar-refractivity contribution in [3.05, 3.63) is 11.4 Å². The number of allylic oxidation sites excluding steroid dienone is 1. The van der Waals surface area contributed by atoms with Gasteiger partial charge in [0, 0.05) is 0 Å². The van der Waals surface area contributed by atoms with Crippen molar-refractivity contribution in [3.8, 4) is 0 Å². The van der Waals surface area contributed by atoms with Crippen LogP contribution in [0.3, 0.4) is 0 Å². The van der Waals surface area contributed by atoms with Gasteiger partial charge in [0.2, 0.25) is 5.83 Å². The molecule has 2 nitrogen and oxygen atoms in total. The van der Waals surface area contributed by atoms with Gasteiger partial charge in [-0.3, -0.25) is 0 Å². The summed E-state index contributed by atoms with van der Waals surface area (Å²) in [7, 11) is 0. The van der Waals surface area contributed by atoms with Crippen LogP contribution in [-0.2, 0) is 4.79 Å². The van der Waals surface area contributed by atoms with Gasteiger partial charge >= 0.3 is 5.97 Å². The minimum Gasteiger partial charge on any atom is -0.476 e. The lowest BCUT2D eigenvalue weighted by atomic mass is 9.54. The van der Waals surface area contributed by atoms with Crippen LogP contribution in [0.25, 0.3) is 0 Å². The molecule has 1 N–H and O–H groups in total. The van der Waals surface area contributed by atoms with Crippen LogP contribution < -0.4 is 0 Å². The predicted molar refractivity (Wildman–Crippen MR) is 52.8 cm³/mol. The first kappa shape index (κ1) is 9.37. The molecule has 0 saturated heterocycles. The van der Waals surface area contributed by atoms with Crippen LogP contribution >= 0.6 is 0 Å². The van der Waals surface area contributed by atoms with Crippen molar-refractivity contribution < 1.29 is 14.3 Å². The van der Waals surface area contributed by atoms with Crippen molar-refractivity contribution in [2.24, 2.45) is 23.7 Å². The van der Waals surface area contributed by atoms with E-state index < -0.39 is 11.8 Å². The van der Waals surface area contributed by atoms with Crippen molar-refractivity contribution in [2.45, 2.75) is 32.1 Å². The smallest absolute Gasteiger partial charge is 0.364 e. The Kier molecular flexibility index (Phi) is 1.91. The van der Waals surface area contributed by atoms with Gasteiger partial charge in [-0.1, -0.05) is 0 Å². The van der Waals surface area contributed by atoms with Crippen molar-refractivity contribution >= 4 is 5.97 Å². The summed E-state index contributed by atoms with van der Waals surface area (Å²) in [5.74, 6) is -0.216. The number of carboxylic acid groups (broad SMARTS) is 1. The van der Waals surface area contributed by atoms with Crippen molar-refractivity contribution in [1.82, 2.24) is 0 Å². The summed E-state index contributed by atoms with van der Waals surface area (Å²) in [4.78, 5) is 10.7. The lowest BCUT2D eigenvalue weighted by Gasteiger charge is -2.51. The fraction of sp³-hybridized carbons (Fsp3) is 0.750. The highest BCUT2D eigenvalue weighted by Gasteiger charge is 2.47. The summed E-state index contributed by atoms with van der Waals surface area (Å²) in [6.07, 6.45) is 5.42. The first-order valence-electron chi connectivity index (χ1n) is 5.78. The maximum atomic E-state index is 13.6. The molecule has 4 rings (SSSR count). The maximum Gasteiger partial charge on any atom is 0.364 e. The Balaban J connectivity index is 1.98. The van der Waals surface area contributed by atoms with Gasteiger partial charge in [0.1, 0.15) is 0 Å². The van der Waals surface area contributed by atoms with E-state index in [1.54, 1.807) is 0 Å². The van der Waals surface area contributed by atoms with E-state index in [0.717, 1.165) is 37.5 Å². The van der Waals surface area contributed by atoms with Crippen LogP contribution in [0.4, 0.5) is 4.39 Å². The summed E-state index contributed by atoms with van der Waals surface area (Å²) in [6.45, 7) is 0. The Morgan fingerprint density at radius 2 is 1.53 bits per heavy atom. The van der Waals surface area contributed by atoms with E-state index in [4.69, 9.17) is 5.11 Å². The summed E-state index contributed by atoms with van der Waals surface area (Å²) >= 11 is 0. The number of aliphatic carboxylic acids is 1. The third-order valence-corrected chi connectivity index (χ3v) is 4.46.